The van der Waals surface area contributed by atoms with Gasteiger partial charge in [-0.15, -0.1) is 24.0 Å². The van der Waals surface area contributed by atoms with Crippen LogP contribution in [-0.2, 0) is 11.2 Å². The minimum Gasteiger partial charge on any atom is -0.444 e. The summed E-state index contributed by atoms with van der Waals surface area (Å²) in [6.07, 6.45) is 0.410. The molecule has 0 bridgehead atoms. The maximum atomic E-state index is 11.8. The van der Waals surface area contributed by atoms with Crippen molar-refractivity contribution in [3.8, 4) is 0 Å². The predicted molar refractivity (Wildman–Crippen MR) is 137 cm³/mol. The number of hydrogen-bond donors (Lipinski definition) is 3. The number of nitrogens with zero attached hydrogens (tertiary/aromatic N) is 2. The summed E-state index contributed by atoms with van der Waals surface area (Å²) in [5, 5.41) is 9.42. The molecular weight excluding hydrogens is 493 g/mol. The number of hydrogen-bond acceptors (Lipinski definition) is 4. The lowest BCUT2D eigenvalue weighted by molar-refractivity contribution is 0.0636. The van der Waals surface area contributed by atoms with Crippen LogP contribution in [0.3, 0.4) is 0 Å². The van der Waals surface area contributed by atoms with E-state index in [4.69, 9.17) is 9.73 Å². The molecule has 0 radical (unpaired) electrons. The minimum atomic E-state index is -0.511. The van der Waals surface area contributed by atoms with E-state index < -0.39 is 11.7 Å². The van der Waals surface area contributed by atoms with E-state index in [-0.39, 0.29) is 29.5 Å². The summed E-state index contributed by atoms with van der Waals surface area (Å²) in [4.78, 5) is 18.7. The van der Waals surface area contributed by atoms with E-state index in [1.165, 1.54) is 5.56 Å². The number of aliphatic imine (C=N–C) groups is 1. The largest absolute Gasteiger partial charge is 0.444 e. The summed E-state index contributed by atoms with van der Waals surface area (Å²) in [6.45, 7) is 14.2. The number of carbonyl (C=O) groups excluding carboxylic acids is 1. The van der Waals surface area contributed by atoms with Crippen LogP contribution >= 0.6 is 24.0 Å². The molecule has 1 aromatic rings. The Morgan fingerprint density at radius 1 is 1.07 bits per heavy atom. The van der Waals surface area contributed by atoms with Crippen LogP contribution in [0.5, 0.6) is 0 Å². The van der Waals surface area contributed by atoms with Crippen LogP contribution in [0.1, 0.15) is 47.1 Å². The highest BCUT2D eigenvalue weighted by Gasteiger charge is 2.20. The van der Waals surface area contributed by atoms with Crippen molar-refractivity contribution in [1.82, 2.24) is 15.5 Å². The Balaban J connectivity index is 0.00000841. The first-order valence-electron chi connectivity index (χ1n) is 10.2. The number of amides is 1. The Labute approximate surface area is 199 Å². The molecule has 0 saturated heterocycles. The van der Waals surface area contributed by atoms with Crippen molar-refractivity contribution in [3.05, 3.63) is 29.8 Å². The Kier molecular flexibility index (Phi) is 12.3. The molecule has 0 unspecified atom stereocenters. The van der Waals surface area contributed by atoms with Crippen molar-refractivity contribution in [3.63, 3.8) is 0 Å². The van der Waals surface area contributed by atoms with Gasteiger partial charge in [-0.1, -0.05) is 12.1 Å². The molecule has 0 saturated carbocycles. The zero-order valence-corrected chi connectivity index (χ0v) is 22.1. The molecule has 172 valence electrons. The highest BCUT2D eigenvalue weighted by molar-refractivity contribution is 14.0. The second kappa shape index (κ2) is 13.0. The minimum absolute atomic E-state index is 0. The summed E-state index contributed by atoms with van der Waals surface area (Å²) in [7, 11) is 4.13. The van der Waals surface area contributed by atoms with Crippen LogP contribution < -0.4 is 16.0 Å². The quantitative estimate of drug-likeness (QED) is 0.267. The number of likely N-dealkylation sites (N-methyl/N-ethyl adjacent to an activating group) is 1. The van der Waals surface area contributed by atoms with Gasteiger partial charge in [-0.2, -0.15) is 0 Å². The summed E-state index contributed by atoms with van der Waals surface area (Å²) in [5.41, 5.74) is 1.39. The SMILES string of the molecule is CCNC(=NCC(C)(C)N(C)C)NCCc1ccc(NC(=O)OC(C)(C)C)cc1.I. The van der Waals surface area contributed by atoms with E-state index in [2.05, 4.69) is 55.7 Å². The predicted octanol–water partition coefficient (Wildman–Crippen LogP) is 4.09. The molecule has 0 aliphatic heterocycles. The number of guanidine groups is 1. The van der Waals surface area contributed by atoms with Crippen LogP contribution in [0.15, 0.2) is 29.3 Å². The van der Waals surface area contributed by atoms with Crippen LogP contribution in [0.25, 0.3) is 0 Å². The third-order valence-corrected chi connectivity index (χ3v) is 4.48. The number of halogens is 1. The van der Waals surface area contributed by atoms with Gasteiger partial charge >= 0.3 is 6.09 Å². The van der Waals surface area contributed by atoms with Gasteiger partial charge in [0.2, 0.25) is 0 Å². The van der Waals surface area contributed by atoms with Gasteiger partial charge in [0.25, 0.3) is 0 Å². The average molecular weight is 533 g/mol. The van der Waals surface area contributed by atoms with E-state index in [1.807, 2.05) is 45.0 Å². The van der Waals surface area contributed by atoms with Gasteiger partial charge in [-0.05, 0) is 79.8 Å². The Bertz CT molecular complexity index is 667. The Morgan fingerprint density at radius 3 is 2.17 bits per heavy atom. The van der Waals surface area contributed by atoms with Gasteiger partial charge in [-0.25, -0.2) is 4.79 Å². The normalized spacial score (nSPS) is 12.2. The number of rotatable bonds is 8. The first-order chi connectivity index (χ1) is 13.4. The summed E-state index contributed by atoms with van der Waals surface area (Å²) < 4.78 is 5.26. The molecule has 7 nitrogen and oxygen atoms in total. The molecule has 1 rings (SSSR count). The molecule has 30 heavy (non-hydrogen) atoms. The van der Waals surface area contributed by atoms with Gasteiger partial charge in [0.15, 0.2) is 5.96 Å². The van der Waals surface area contributed by atoms with E-state index in [0.29, 0.717) is 6.54 Å². The molecule has 1 aromatic carbocycles. The Hall–Kier alpha value is -1.55. The number of benzene rings is 1. The highest BCUT2D eigenvalue weighted by atomic mass is 127. The van der Waals surface area contributed by atoms with Crippen molar-refractivity contribution in [2.75, 3.05) is 39.0 Å². The molecule has 0 fully saturated rings. The van der Waals surface area contributed by atoms with Gasteiger partial charge in [-0.3, -0.25) is 10.3 Å². The lowest BCUT2D eigenvalue weighted by Gasteiger charge is -2.31. The van der Waals surface area contributed by atoms with Gasteiger partial charge in [0.05, 0.1) is 6.54 Å². The molecule has 0 aliphatic rings. The van der Waals surface area contributed by atoms with E-state index in [0.717, 1.165) is 31.2 Å². The van der Waals surface area contributed by atoms with Crippen molar-refractivity contribution in [2.24, 2.45) is 4.99 Å². The first-order valence-corrected chi connectivity index (χ1v) is 10.2. The maximum Gasteiger partial charge on any atom is 0.412 e. The van der Waals surface area contributed by atoms with Crippen molar-refractivity contribution < 1.29 is 9.53 Å². The molecule has 8 heteroatoms. The summed E-state index contributed by atoms with van der Waals surface area (Å²) in [5.74, 6) is 0.825. The number of nitrogens with one attached hydrogen (secondary N) is 3. The molecule has 1 amide bonds. The fourth-order valence-electron chi connectivity index (χ4n) is 2.26. The van der Waals surface area contributed by atoms with E-state index >= 15 is 0 Å². The van der Waals surface area contributed by atoms with Gasteiger partial charge < -0.3 is 20.3 Å². The topological polar surface area (TPSA) is 78.0 Å². The number of anilines is 1. The molecule has 0 aliphatic carbocycles. The van der Waals surface area contributed by atoms with E-state index in [9.17, 15) is 4.79 Å². The summed E-state index contributed by atoms with van der Waals surface area (Å²) in [6, 6.07) is 7.79. The summed E-state index contributed by atoms with van der Waals surface area (Å²) >= 11 is 0. The molecule has 0 aromatic heterocycles. The zero-order chi connectivity index (χ0) is 22.1. The highest BCUT2D eigenvalue weighted by Crippen LogP contribution is 2.13. The Morgan fingerprint density at radius 2 is 1.67 bits per heavy atom. The van der Waals surface area contributed by atoms with E-state index in [1.54, 1.807) is 0 Å². The van der Waals surface area contributed by atoms with Crippen molar-refractivity contribution in [2.45, 2.75) is 59.1 Å². The van der Waals surface area contributed by atoms with Crippen molar-refractivity contribution in [1.29, 1.82) is 0 Å². The molecule has 0 heterocycles. The van der Waals surface area contributed by atoms with Gasteiger partial charge in [0, 0.05) is 24.3 Å². The number of ether oxygens (including phenoxy) is 1. The second-order valence-corrected chi connectivity index (χ2v) is 8.90. The lowest BCUT2D eigenvalue weighted by Crippen LogP contribution is -2.44. The second-order valence-electron chi connectivity index (χ2n) is 8.90. The standard InChI is InChI=1S/C22H39N5O2.HI/c1-9-23-19(25-16-22(5,6)27(7)8)24-15-14-17-10-12-18(13-11-17)26-20(28)29-21(2,3)4;/h10-13H,9,14-16H2,1-8H3,(H,26,28)(H2,23,24,25);1H. The molecule has 0 spiro atoms. The van der Waals surface area contributed by atoms with Crippen LogP contribution in [0.2, 0.25) is 0 Å². The molecular formula is C22H40IN5O2. The molecule has 3 N–H and O–H groups in total. The maximum absolute atomic E-state index is 11.8. The third-order valence-electron chi connectivity index (χ3n) is 4.48. The smallest absolute Gasteiger partial charge is 0.412 e. The van der Waals surface area contributed by atoms with Crippen molar-refractivity contribution >= 4 is 41.7 Å². The first kappa shape index (κ1) is 28.5. The average Bonchev–Trinajstić information content (AvgIpc) is 2.59. The van der Waals surface area contributed by atoms with Crippen LogP contribution in [0.4, 0.5) is 10.5 Å². The van der Waals surface area contributed by atoms with Crippen LogP contribution in [-0.4, -0.2) is 61.8 Å². The molecule has 0 atom stereocenters. The fraction of sp³-hybridized carbons (Fsp3) is 0.636. The van der Waals surface area contributed by atoms with Gasteiger partial charge in [0.1, 0.15) is 5.60 Å². The zero-order valence-electron chi connectivity index (χ0n) is 19.8. The lowest BCUT2D eigenvalue weighted by atomic mass is 10.1. The number of carbonyl (C=O) groups is 1. The fourth-order valence-corrected chi connectivity index (χ4v) is 2.26. The van der Waals surface area contributed by atoms with Crippen LogP contribution in [0, 0.1) is 0 Å². The monoisotopic (exact) mass is 533 g/mol. The third kappa shape index (κ3) is 11.6.